The Hall–Kier alpha value is -4.79. The van der Waals surface area contributed by atoms with Gasteiger partial charge in [0.2, 0.25) is 11.8 Å². The third-order valence-electron chi connectivity index (χ3n) is 7.45. The number of rotatable bonds is 7. The van der Waals surface area contributed by atoms with E-state index in [1.807, 2.05) is 4.90 Å². The second kappa shape index (κ2) is 9.99. The average Bonchev–Trinajstić information content (AvgIpc) is 3.77. The van der Waals surface area contributed by atoms with Gasteiger partial charge in [0.15, 0.2) is 34.7 Å². The van der Waals surface area contributed by atoms with Crippen LogP contribution in [0.15, 0.2) is 41.1 Å². The molecule has 0 saturated carbocycles. The summed E-state index contributed by atoms with van der Waals surface area (Å²) in [6.07, 6.45) is 2.91. The first kappa shape index (κ1) is 25.2. The Morgan fingerprint density at radius 3 is 2.71 bits per heavy atom. The van der Waals surface area contributed by atoms with Gasteiger partial charge in [-0.05, 0) is 12.1 Å². The van der Waals surface area contributed by atoms with Crippen LogP contribution in [0.25, 0.3) is 28.3 Å². The molecule has 2 aliphatic heterocycles. The minimum Gasteiger partial charge on any atom is -0.477 e. The number of hydrogen-bond acceptors (Lipinski definition) is 10. The number of nitrogens with zero attached hydrogens (tertiary/aromatic N) is 8. The monoisotopic (exact) mass is 564 g/mol. The van der Waals surface area contributed by atoms with Gasteiger partial charge in [0.25, 0.3) is 5.91 Å². The van der Waals surface area contributed by atoms with Gasteiger partial charge >= 0.3 is 0 Å². The largest absolute Gasteiger partial charge is 0.477 e. The van der Waals surface area contributed by atoms with Crippen molar-refractivity contribution in [2.75, 3.05) is 49.9 Å². The Kier molecular flexibility index (Phi) is 6.14. The van der Waals surface area contributed by atoms with E-state index in [2.05, 4.69) is 30.4 Å². The number of piperazine rings is 1. The molecule has 0 radical (unpaired) electrons. The number of benzene rings is 1. The van der Waals surface area contributed by atoms with Crippen molar-refractivity contribution >= 4 is 34.2 Å². The maximum absolute atomic E-state index is 14.7. The number of fused-ring (bicyclic) bond motifs is 3. The van der Waals surface area contributed by atoms with Crippen LogP contribution in [0, 0.1) is 11.6 Å². The summed E-state index contributed by atoms with van der Waals surface area (Å²) in [5.74, 6) is -0.796. The number of aromatic nitrogens is 6. The summed E-state index contributed by atoms with van der Waals surface area (Å²) in [5.41, 5.74) is 7.58. The molecular formula is C26H26F2N10O3. The zero-order valence-corrected chi connectivity index (χ0v) is 21.8. The lowest BCUT2D eigenvalue weighted by Crippen LogP contribution is -2.47. The van der Waals surface area contributed by atoms with Crippen molar-refractivity contribution in [2.45, 2.75) is 19.1 Å². The summed E-state index contributed by atoms with van der Waals surface area (Å²) < 4.78 is 43.4. The van der Waals surface area contributed by atoms with Crippen LogP contribution in [0.2, 0.25) is 0 Å². The number of halogens is 2. The number of hydrogen-bond donors (Lipinski definition) is 2. The molecule has 0 unspecified atom stereocenters. The number of amides is 1. The summed E-state index contributed by atoms with van der Waals surface area (Å²) in [5, 5.41) is 12.3. The highest BCUT2D eigenvalue weighted by molar-refractivity contribution is 5.90. The maximum atomic E-state index is 14.7. The smallest absolute Gasteiger partial charge is 0.261 e. The molecule has 212 valence electrons. The van der Waals surface area contributed by atoms with Crippen LogP contribution in [0.4, 0.5) is 20.4 Å². The molecule has 0 spiro atoms. The first-order valence-electron chi connectivity index (χ1n) is 13.3. The maximum Gasteiger partial charge on any atom is 0.261 e. The molecule has 15 heteroatoms. The van der Waals surface area contributed by atoms with Gasteiger partial charge in [0.1, 0.15) is 5.82 Å². The van der Waals surface area contributed by atoms with Crippen molar-refractivity contribution in [3.63, 3.8) is 0 Å². The topological polar surface area (TPSA) is 145 Å². The quantitative estimate of drug-likeness (QED) is 0.300. The molecule has 0 bridgehead atoms. The van der Waals surface area contributed by atoms with Gasteiger partial charge in [0, 0.05) is 57.8 Å². The molecular weight excluding hydrogens is 538 g/mol. The van der Waals surface area contributed by atoms with Crippen LogP contribution in [0.1, 0.15) is 6.42 Å². The van der Waals surface area contributed by atoms with Gasteiger partial charge < -0.3 is 25.1 Å². The minimum atomic E-state index is -0.828. The number of carbonyl (C=O) groups excluding carboxylic acids is 1. The fourth-order valence-corrected chi connectivity index (χ4v) is 5.27. The molecule has 2 saturated heterocycles. The Morgan fingerprint density at radius 2 is 1.95 bits per heavy atom. The number of nitrogen functional groups attached to an aromatic ring is 1. The predicted molar refractivity (Wildman–Crippen MR) is 143 cm³/mol. The Morgan fingerprint density at radius 1 is 1.10 bits per heavy atom. The zero-order valence-electron chi connectivity index (χ0n) is 21.8. The third kappa shape index (κ3) is 4.57. The van der Waals surface area contributed by atoms with Gasteiger partial charge in [-0.15, -0.1) is 5.10 Å². The van der Waals surface area contributed by atoms with E-state index in [1.54, 1.807) is 29.3 Å². The van der Waals surface area contributed by atoms with Gasteiger partial charge in [-0.25, -0.2) is 18.4 Å². The van der Waals surface area contributed by atoms with Crippen LogP contribution < -0.4 is 20.7 Å². The zero-order chi connectivity index (χ0) is 28.1. The molecule has 1 atom stereocenters. The Balaban J connectivity index is 1.02. The normalized spacial score (nSPS) is 18.0. The predicted octanol–water partition coefficient (Wildman–Crippen LogP) is 1.68. The van der Waals surface area contributed by atoms with E-state index in [-0.39, 0.29) is 23.3 Å². The summed E-state index contributed by atoms with van der Waals surface area (Å²) in [6.45, 7) is 4.09. The van der Waals surface area contributed by atoms with E-state index in [9.17, 15) is 13.6 Å². The van der Waals surface area contributed by atoms with Crippen molar-refractivity contribution in [1.82, 2.24) is 39.6 Å². The number of nitrogens with one attached hydrogen (secondary N) is 1. The lowest BCUT2D eigenvalue weighted by molar-refractivity contribution is -0.125. The van der Waals surface area contributed by atoms with Gasteiger partial charge in [-0.2, -0.15) is 14.6 Å². The first-order chi connectivity index (χ1) is 19.9. The summed E-state index contributed by atoms with van der Waals surface area (Å²) >= 11 is 0. The van der Waals surface area contributed by atoms with Crippen molar-refractivity contribution in [1.29, 1.82) is 0 Å². The number of carbonyl (C=O) groups is 1. The van der Waals surface area contributed by atoms with E-state index < -0.39 is 17.7 Å². The van der Waals surface area contributed by atoms with E-state index in [4.69, 9.17) is 14.9 Å². The Labute approximate surface area is 231 Å². The highest BCUT2D eigenvalue weighted by Crippen LogP contribution is 2.30. The van der Waals surface area contributed by atoms with Crippen molar-refractivity contribution in [3.8, 4) is 17.3 Å². The number of nitrogens with two attached hydrogens (primary N) is 1. The molecule has 4 aromatic heterocycles. The highest BCUT2D eigenvalue weighted by Gasteiger charge is 2.28. The van der Waals surface area contributed by atoms with Crippen LogP contribution in [0.5, 0.6) is 5.75 Å². The SMILES string of the molecule is Nc1nc2c(cnn2CCN2CCN(c3cc(O[C@H]4CCNC4=O)c(F)cc3F)CC2)c2nc(-c3ccco3)nn12. The molecule has 1 aromatic carbocycles. The van der Waals surface area contributed by atoms with Crippen LogP contribution in [-0.2, 0) is 11.3 Å². The van der Waals surface area contributed by atoms with Gasteiger partial charge in [-0.1, -0.05) is 0 Å². The molecule has 41 heavy (non-hydrogen) atoms. The second-order valence-electron chi connectivity index (χ2n) is 9.97. The molecule has 13 nitrogen and oxygen atoms in total. The van der Waals surface area contributed by atoms with Crippen LogP contribution in [-0.4, -0.2) is 85.5 Å². The average molecular weight is 565 g/mol. The standard InChI is InChI=1S/C26H26F2N10O3/c27-16-12-17(28)21(41-20-3-4-30-25(20)39)13-18(16)36-8-5-35(6-9-36)7-10-37-23-15(14-31-37)24-32-22(19-2-1-11-40-19)34-38(24)26(29)33-23/h1-2,11-14,20H,3-10H2,(H2,29,33)(H,30,39)/t20-/m0/s1. The number of anilines is 2. The van der Waals surface area contributed by atoms with Crippen LogP contribution >= 0.6 is 0 Å². The third-order valence-corrected chi connectivity index (χ3v) is 7.45. The number of furan rings is 1. The fraction of sp³-hybridized carbons (Fsp3) is 0.346. The molecule has 5 aromatic rings. The van der Waals surface area contributed by atoms with Crippen molar-refractivity contribution < 1.29 is 22.7 Å². The Bertz CT molecular complexity index is 1740. The van der Waals surface area contributed by atoms with E-state index in [1.165, 1.54) is 10.6 Å². The van der Waals surface area contributed by atoms with Gasteiger partial charge in [-0.3, -0.25) is 9.69 Å². The molecule has 2 aliphatic rings. The lowest BCUT2D eigenvalue weighted by atomic mass is 10.2. The van der Waals surface area contributed by atoms with E-state index >= 15 is 0 Å². The van der Waals surface area contributed by atoms with E-state index in [0.717, 1.165) is 6.07 Å². The van der Waals surface area contributed by atoms with Crippen LogP contribution in [0.3, 0.4) is 0 Å². The summed E-state index contributed by atoms with van der Waals surface area (Å²) in [4.78, 5) is 25.0. The number of ether oxygens (including phenoxy) is 1. The lowest BCUT2D eigenvalue weighted by Gasteiger charge is -2.36. The van der Waals surface area contributed by atoms with Crippen molar-refractivity contribution in [2.24, 2.45) is 0 Å². The first-order valence-corrected chi connectivity index (χ1v) is 13.3. The minimum absolute atomic E-state index is 0.124. The molecule has 6 heterocycles. The molecule has 7 rings (SSSR count). The van der Waals surface area contributed by atoms with Gasteiger partial charge in [0.05, 0.1) is 30.1 Å². The molecule has 1 amide bonds. The van der Waals surface area contributed by atoms with E-state index in [0.29, 0.717) is 80.5 Å². The second-order valence-corrected chi connectivity index (χ2v) is 9.97. The molecule has 3 N–H and O–H groups in total. The molecule has 2 fully saturated rings. The fourth-order valence-electron chi connectivity index (χ4n) is 5.27. The summed E-state index contributed by atoms with van der Waals surface area (Å²) in [6, 6.07) is 5.69. The highest BCUT2D eigenvalue weighted by atomic mass is 19.1. The molecule has 0 aliphatic carbocycles. The summed E-state index contributed by atoms with van der Waals surface area (Å²) in [7, 11) is 0. The van der Waals surface area contributed by atoms with Crippen molar-refractivity contribution in [3.05, 3.63) is 48.4 Å².